The van der Waals surface area contributed by atoms with Gasteiger partial charge in [0.05, 0.1) is 22.4 Å². The van der Waals surface area contributed by atoms with Crippen molar-refractivity contribution in [2.24, 2.45) is 5.10 Å². The highest BCUT2D eigenvalue weighted by Gasteiger charge is 2.16. The lowest BCUT2D eigenvalue weighted by molar-refractivity contribution is -0.139. The van der Waals surface area contributed by atoms with Crippen LogP contribution in [0.4, 0.5) is 0 Å². The van der Waals surface area contributed by atoms with E-state index < -0.39 is 11.8 Å². The van der Waals surface area contributed by atoms with E-state index in [9.17, 15) is 14.7 Å². The molecule has 0 radical (unpaired) electrons. The van der Waals surface area contributed by atoms with Crippen LogP contribution in [-0.4, -0.2) is 29.7 Å². The second-order valence-corrected chi connectivity index (χ2v) is 6.75. The zero-order chi connectivity index (χ0) is 19.8. The molecule has 0 aliphatic carbocycles. The van der Waals surface area contributed by atoms with E-state index in [-0.39, 0.29) is 11.8 Å². The van der Waals surface area contributed by atoms with Crippen LogP contribution in [-0.2, 0) is 9.59 Å². The molecule has 0 fully saturated rings. The van der Waals surface area contributed by atoms with E-state index in [1.54, 1.807) is 19.1 Å². The van der Waals surface area contributed by atoms with Crippen molar-refractivity contribution < 1.29 is 19.4 Å². The largest absolute Gasteiger partial charge is 0.504 e. The van der Waals surface area contributed by atoms with Crippen LogP contribution in [0.3, 0.4) is 0 Å². The number of rotatable bonds is 6. The van der Waals surface area contributed by atoms with Crippen molar-refractivity contribution in [2.75, 3.05) is 6.61 Å². The number of ether oxygens (including phenoxy) is 1. The summed E-state index contributed by atoms with van der Waals surface area (Å²) in [5, 5.41) is 16.3. The summed E-state index contributed by atoms with van der Waals surface area (Å²) in [4.78, 5) is 23.8. The number of halogens is 1. The molecule has 2 aromatic rings. The molecule has 7 nitrogen and oxygen atoms in total. The van der Waals surface area contributed by atoms with Crippen molar-refractivity contribution in [3.8, 4) is 11.5 Å². The first-order chi connectivity index (χ1) is 12.9. The van der Waals surface area contributed by atoms with E-state index in [2.05, 4.69) is 15.8 Å². The highest BCUT2D eigenvalue weighted by atomic mass is 127. The molecule has 142 valence electrons. The number of phenolic OH excluding ortho intramolecular Hbond substituents is 1. The summed E-state index contributed by atoms with van der Waals surface area (Å²) < 4.78 is 5.93. The van der Waals surface area contributed by atoms with Crippen molar-refractivity contribution >= 4 is 40.6 Å². The maximum Gasteiger partial charge on any atom is 0.329 e. The van der Waals surface area contributed by atoms with Gasteiger partial charge in [-0.15, -0.1) is 0 Å². The maximum atomic E-state index is 12.0. The molecule has 8 heteroatoms. The van der Waals surface area contributed by atoms with Gasteiger partial charge in [0.15, 0.2) is 11.5 Å². The second-order valence-electron chi connectivity index (χ2n) is 5.59. The standard InChI is InChI=1S/C19H20IN3O4/c1-3-27-16-10-13(9-15(20)17(16)24)11-21-23-19(26)18(25)22-12(2)14-7-5-4-6-8-14/h4-12,24H,3H2,1-2H3,(H,22,25)(H,23,26)/b21-11-/t12-/m1/s1. The molecule has 2 aromatic carbocycles. The van der Waals surface area contributed by atoms with E-state index in [1.165, 1.54) is 6.21 Å². The fraction of sp³-hybridized carbons (Fsp3) is 0.211. The van der Waals surface area contributed by atoms with Crippen LogP contribution in [0, 0.1) is 3.57 Å². The Morgan fingerprint density at radius 2 is 1.96 bits per heavy atom. The average molecular weight is 481 g/mol. The Hall–Kier alpha value is -2.62. The molecule has 0 aromatic heterocycles. The topological polar surface area (TPSA) is 100 Å². The Balaban J connectivity index is 1.95. The summed E-state index contributed by atoms with van der Waals surface area (Å²) in [5.41, 5.74) is 3.69. The lowest BCUT2D eigenvalue weighted by Gasteiger charge is -2.13. The van der Waals surface area contributed by atoms with E-state index in [0.717, 1.165) is 5.56 Å². The lowest BCUT2D eigenvalue weighted by Crippen LogP contribution is -2.39. The molecule has 0 saturated carbocycles. The molecular formula is C19H20IN3O4. The number of nitrogens with zero attached hydrogens (tertiary/aromatic N) is 1. The molecule has 0 saturated heterocycles. The fourth-order valence-corrected chi connectivity index (χ4v) is 2.86. The number of carbonyl (C=O) groups excluding carboxylic acids is 2. The SMILES string of the molecule is CCOc1cc(/C=N\NC(=O)C(=O)N[C@H](C)c2ccccc2)cc(I)c1O. The van der Waals surface area contributed by atoms with E-state index in [0.29, 0.717) is 21.5 Å². The number of amides is 2. The Kier molecular flexibility index (Phi) is 7.59. The third-order valence-corrected chi connectivity index (χ3v) is 4.41. The van der Waals surface area contributed by atoms with Gasteiger partial charge in [-0.2, -0.15) is 5.10 Å². The van der Waals surface area contributed by atoms with Gasteiger partial charge in [-0.25, -0.2) is 5.43 Å². The molecule has 0 bridgehead atoms. The molecule has 2 rings (SSSR count). The van der Waals surface area contributed by atoms with E-state index in [1.807, 2.05) is 59.8 Å². The first kappa shape index (κ1) is 20.7. The summed E-state index contributed by atoms with van der Waals surface area (Å²) in [6.45, 7) is 4.00. The molecule has 3 N–H and O–H groups in total. The first-order valence-electron chi connectivity index (χ1n) is 8.26. The molecule has 0 unspecified atom stereocenters. The molecule has 1 atom stereocenters. The minimum Gasteiger partial charge on any atom is -0.504 e. The highest BCUT2D eigenvalue weighted by Crippen LogP contribution is 2.32. The van der Waals surface area contributed by atoms with Gasteiger partial charge in [-0.1, -0.05) is 30.3 Å². The number of carbonyl (C=O) groups is 2. The fourth-order valence-electron chi connectivity index (χ4n) is 2.24. The van der Waals surface area contributed by atoms with Crippen molar-refractivity contribution in [2.45, 2.75) is 19.9 Å². The van der Waals surface area contributed by atoms with Crippen molar-refractivity contribution in [1.82, 2.24) is 10.7 Å². The van der Waals surface area contributed by atoms with Crippen molar-refractivity contribution in [1.29, 1.82) is 0 Å². The Morgan fingerprint density at radius 3 is 2.63 bits per heavy atom. The van der Waals surface area contributed by atoms with Crippen molar-refractivity contribution in [3.05, 3.63) is 57.2 Å². The van der Waals surface area contributed by atoms with Gasteiger partial charge in [0, 0.05) is 0 Å². The van der Waals surface area contributed by atoms with Gasteiger partial charge in [-0.05, 0) is 59.7 Å². The Bertz CT molecular complexity index is 840. The van der Waals surface area contributed by atoms with Crippen LogP contribution in [0.2, 0.25) is 0 Å². The minimum absolute atomic E-state index is 0.0490. The number of benzene rings is 2. The number of hydrogen-bond donors (Lipinski definition) is 3. The quantitative estimate of drug-likeness (QED) is 0.256. The molecule has 2 amide bonds. The summed E-state index contributed by atoms with van der Waals surface area (Å²) >= 11 is 1.97. The Labute approximate surface area is 171 Å². The van der Waals surface area contributed by atoms with Gasteiger partial charge in [0.25, 0.3) is 0 Å². The van der Waals surface area contributed by atoms with Gasteiger partial charge in [0.1, 0.15) is 0 Å². The second kappa shape index (κ2) is 9.91. The number of hydrazone groups is 1. The predicted molar refractivity (Wildman–Crippen MR) is 111 cm³/mol. The smallest absolute Gasteiger partial charge is 0.329 e. The normalized spacial score (nSPS) is 11.8. The van der Waals surface area contributed by atoms with E-state index in [4.69, 9.17) is 4.74 Å². The van der Waals surface area contributed by atoms with Crippen LogP contribution in [0.5, 0.6) is 11.5 Å². The average Bonchev–Trinajstić information content (AvgIpc) is 2.66. The van der Waals surface area contributed by atoms with Crippen LogP contribution >= 0.6 is 22.6 Å². The number of nitrogens with one attached hydrogen (secondary N) is 2. The van der Waals surface area contributed by atoms with Gasteiger partial charge in [0.2, 0.25) is 0 Å². The first-order valence-corrected chi connectivity index (χ1v) is 9.34. The van der Waals surface area contributed by atoms with E-state index >= 15 is 0 Å². The molecular weight excluding hydrogens is 461 g/mol. The molecule has 0 heterocycles. The summed E-state index contributed by atoms with van der Waals surface area (Å²) in [6.07, 6.45) is 1.37. The zero-order valence-electron chi connectivity index (χ0n) is 14.9. The van der Waals surface area contributed by atoms with Crippen LogP contribution in [0.1, 0.15) is 31.0 Å². The monoisotopic (exact) mass is 481 g/mol. The molecule has 0 aliphatic heterocycles. The maximum absolute atomic E-state index is 12.0. The van der Waals surface area contributed by atoms with Gasteiger partial charge in [-0.3, -0.25) is 9.59 Å². The number of phenols is 1. The van der Waals surface area contributed by atoms with Crippen LogP contribution in [0.25, 0.3) is 0 Å². The number of hydrogen-bond acceptors (Lipinski definition) is 5. The predicted octanol–water partition coefficient (Wildman–Crippen LogP) is 2.72. The zero-order valence-corrected chi connectivity index (χ0v) is 17.1. The summed E-state index contributed by atoms with van der Waals surface area (Å²) in [7, 11) is 0. The highest BCUT2D eigenvalue weighted by molar-refractivity contribution is 14.1. The summed E-state index contributed by atoms with van der Waals surface area (Å²) in [6, 6.07) is 12.3. The summed E-state index contributed by atoms with van der Waals surface area (Å²) in [5.74, 6) is -1.27. The van der Waals surface area contributed by atoms with Gasteiger partial charge >= 0.3 is 11.8 Å². The molecule has 0 spiro atoms. The van der Waals surface area contributed by atoms with Crippen LogP contribution in [0.15, 0.2) is 47.6 Å². The third-order valence-electron chi connectivity index (χ3n) is 3.58. The van der Waals surface area contributed by atoms with Crippen molar-refractivity contribution in [3.63, 3.8) is 0 Å². The molecule has 0 aliphatic rings. The number of aromatic hydroxyl groups is 1. The minimum atomic E-state index is -0.868. The van der Waals surface area contributed by atoms with Crippen LogP contribution < -0.4 is 15.5 Å². The lowest BCUT2D eigenvalue weighted by atomic mass is 10.1. The third kappa shape index (κ3) is 5.95. The Morgan fingerprint density at radius 1 is 1.26 bits per heavy atom. The van der Waals surface area contributed by atoms with Gasteiger partial charge < -0.3 is 15.2 Å². The molecule has 27 heavy (non-hydrogen) atoms.